The summed E-state index contributed by atoms with van der Waals surface area (Å²) >= 11 is 6.14. The number of ether oxygens (including phenoxy) is 1. The molecule has 2 aliphatic heterocycles. The van der Waals surface area contributed by atoms with E-state index in [2.05, 4.69) is 15.7 Å². The molecule has 2 aromatic carbocycles. The molecule has 3 amide bonds. The normalized spacial score (nSPS) is 19.7. The molecule has 10 heteroatoms. The number of benzene rings is 2. The molecular formula is C21H20ClN5O4. The summed E-state index contributed by atoms with van der Waals surface area (Å²) in [5, 5.41) is 12.1. The zero-order chi connectivity index (χ0) is 22.3. The summed E-state index contributed by atoms with van der Waals surface area (Å²) in [6.45, 7) is 3.72. The van der Waals surface area contributed by atoms with Gasteiger partial charge in [-0.3, -0.25) is 19.4 Å². The Morgan fingerprint density at radius 2 is 1.90 bits per heavy atom. The van der Waals surface area contributed by atoms with Gasteiger partial charge in [0.05, 0.1) is 17.8 Å². The molecule has 31 heavy (non-hydrogen) atoms. The van der Waals surface area contributed by atoms with Gasteiger partial charge in [0.2, 0.25) is 5.91 Å². The smallest absolute Gasteiger partial charge is 0.263 e. The number of hydrogen-bond acceptors (Lipinski definition) is 7. The molecule has 1 N–H and O–H groups in total. The van der Waals surface area contributed by atoms with E-state index in [1.54, 1.807) is 18.2 Å². The Labute approximate surface area is 183 Å². The highest BCUT2D eigenvalue weighted by molar-refractivity contribution is 6.33. The molecule has 0 unspecified atom stereocenters. The summed E-state index contributed by atoms with van der Waals surface area (Å²) < 4.78 is 5.11. The van der Waals surface area contributed by atoms with Crippen molar-refractivity contribution in [3.8, 4) is 5.75 Å². The first kappa shape index (κ1) is 20.8. The van der Waals surface area contributed by atoms with E-state index >= 15 is 0 Å². The molecule has 0 aromatic heterocycles. The number of nitrogens with one attached hydrogen (secondary N) is 1. The van der Waals surface area contributed by atoms with Crippen LogP contribution in [0.1, 0.15) is 11.1 Å². The molecule has 0 spiro atoms. The molecule has 2 aliphatic rings. The highest BCUT2D eigenvalue weighted by Crippen LogP contribution is 2.35. The number of aryl methyl sites for hydroxylation is 2. The molecule has 2 atom stereocenters. The van der Waals surface area contributed by atoms with Crippen molar-refractivity contribution in [3.63, 3.8) is 0 Å². The van der Waals surface area contributed by atoms with E-state index in [0.29, 0.717) is 17.1 Å². The van der Waals surface area contributed by atoms with Gasteiger partial charge in [0.15, 0.2) is 12.1 Å². The molecule has 1 fully saturated rings. The van der Waals surface area contributed by atoms with Gasteiger partial charge in [-0.1, -0.05) is 22.9 Å². The number of amides is 3. The van der Waals surface area contributed by atoms with Crippen molar-refractivity contribution >= 4 is 40.7 Å². The minimum atomic E-state index is -0.997. The summed E-state index contributed by atoms with van der Waals surface area (Å²) in [7, 11) is 1.47. The number of rotatable bonds is 5. The zero-order valence-electron chi connectivity index (χ0n) is 17.1. The van der Waals surface area contributed by atoms with E-state index in [1.165, 1.54) is 18.2 Å². The fourth-order valence-electron chi connectivity index (χ4n) is 3.57. The fourth-order valence-corrected chi connectivity index (χ4v) is 3.82. The Bertz CT molecular complexity index is 1120. The maximum absolute atomic E-state index is 13.0. The monoisotopic (exact) mass is 441 g/mol. The molecule has 160 valence electrons. The third-order valence-corrected chi connectivity index (χ3v) is 5.64. The van der Waals surface area contributed by atoms with E-state index < -0.39 is 23.9 Å². The molecular weight excluding hydrogens is 422 g/mol. The van der Waals surface area contributed by atoms with Gasteiger partial charge in [-0.05, 0) is 55.3 Å². The van der Waals surface area contributed by atoms with Crippen LogP contribution in [0.15, 0.2) is 46.7 Å². The molecule has 0 bridgehead atoms. The molecule has 4 rings (SSSR count). The van der Waals surface area contributed by atoms with Crippen molar-refractivity contribution in [1.82, 2.24) is 5.01 Å². The fraction of sp³-hybridized carbons (Fsp3) is 0.286. The topological polar surface area (TPSA) is 104 Å². The Morgan fingerprint density at radius 3 is 2.58 bits per heavy atom. The van der Waals surface area contributed by atoms with Crippen molar-refractivity contribution in [3.05, 3.63) is 52.5 Å². The quantitative estimate of drug-likeness (QED) is 0.718. The minimum Gasteiger partial charge on any atom is -0.495 e. The average molecular weight is 442 g/mol. The minimum absolute atomic E-state index is 0.214. The molecule has 2 aromatic rings. The molecule has 1 saturated heterocycles. The van der Waals surface area contributed by atoms with E-state index in [0.717, 1.165) is 16.0 Å². The maximum atomic E-state index is 13.0. The number of nitrogens with zero attached hydrogens (tertiary/aromatic N) is 4. The maximum Gasteiger partial charge on any atom is 0.263 e. The van der Waals surface area contributed by atoms with Gasteiger partial charge >= 0.3 is 0 Å². The lowest BCUT2D eigenvalue weighted by molar-refractivity contribution is -0.123. The van der Waals surface area contributed by atoms with Crippen LogP contribution in [0.4, 0.5) is 11.4 Å². The lowest BCUT2D eigenvalue weighted by Crippen LogP contribution is -2.43. The lowest BCUT2D eigenvalue weighted by Gasteiger charge is -2.20. The Hall–Kier alpha value is -3.46. The first-order valence-electron chi connectivity index (χ1n) is 9.56. The molecule has 0 aliphatic carbocycles. The van der Waals surface area contributed by atoms with Crippen LogP contribution in [0, 0.1) is 13.8 Å². The predicted molar refractivity (Wildman–Crippen MR) is 114 cm³/mol. The summed E-state index contributed by atoms with van der Waals surface area (Å²) in [6.07, 6.45) is 0. The van der Waals surface area contributed by atoms with Gasteiger partial charge in [0, 0.05) is 5.69 Å². The van der Waals surface area contributed by atoms with E-state index in [-0.39, 0.29) is 17.5 Å². The summed E-state index contributed by atoms with van der Waals surface area (Å²) in [4.78, 5) is 39.4. The number of fused-ring (bicyclic) bond motifs is 1. The summed E-state index contributed by atoms with van der Waals surface area (Å²) in [5.74, 6) is -0.972. The molecule has 0 radical (unpaired) electrons. The number of anilines is 2. The number of halogens is 1. The SMILES string of the molecule is COc1ccc(N2C(=O)[C@@H]3[C@@H](N=NN3CC(=O)Nc3ccc(C)c(C)c3)C2=O)cc1Cl. The third kappa shape index (κ3) is 3.72. The van der Waals surface area contributed by atoms with Crippen LogP contribution in [0.2, 0.25) is 5.02 Å². The van der Waals surface area contributed by atoms with Crippen molar-refractivity contribution in [1.29, 1.82) is 0 Å². The van der Waals surface area contributed by atoms with Gasteiger partial charge in [-0.25, -0.2) is 4.90 Å². The van der Waals surface area contributed by atoms with Crippen LogP contribution in [0.3, 0.4) is 0 Å². The van der Waals surface area contributed by atoms with Crippen molar-refractivity contribution < 1.29 is 19.1 Å². The summed E-state index contributed by atoms with van der Waals surface area (Å²) in [5.41, 5.74) is 3.11. The lowest BCUT2D eigenvalue weighted by atomic mass is 10.1. The average Bonchev–Trinajstić information content (AvgIpc) is 3.24. The van der Waals surface area contributed by atoms with Crippen molar-refractivity contribution in [2.45, 2.75) is 25.9 Å². The van der Waals surface area contributed by atoms with Crippen LogP contribution in [-0.2, 0) is 14.4 Å². The highest BCUT2D eigenvalue weighted by Gasteiger charge is 2.55. The molecule has 2 heterocycles. The van der Waals surface area contributed by atoms with Gasteiger partial charge < -0.3 is 10.1 Å². The third-order valence-electron chi connectivity index (χ3n) is 5.35. The number of imide groups is 1. The standard InChI is InChI=1S/C21H20ClN5O4/c1-11-4-5-13(8-12(11)2)23-17(28)10-26-19-18(24-25-26)20(29)27(21(19)30)14-6-7-16(31-3)15(22)9-14/h4-9,18-19H,10H2,1-3H3,(H,23,28)/t18-,19+/m1/s1. The summed E-state index contributed by atoms with van der Waals surface area (Å²) in [6, 6.07) is 8.22. The zero-order valence-corrected chi connectivity index (χ0v) is 17.9. The van der Waals surface area contributed by atoms with Gasteiger partial charge in [-0.2, -0.15) is 5.11 Å². The molecule has 0 saturated carbocycles. The highest BCUT2D eigenvalue weighted by atomic mass is 35.5. The van der Waals surface area contributed by atoms with Crippen LogP contribution in [0.5, 0.6) is 5.75 Å². The largest absolute Gasteiger partial charge is 0.495 e. The van der Waals surface area contributed by atoms with E-state index in [4.69, 9.17) is 16.3 Å². The van der Waals surface area contributed by atoms with Crippen molar-refractivity contribution in [2.24, 2.45) is 10.3 Å². The van der Waals surface area contributed by atoms with Gasteiger partial charge in [0.1, 0.15) is 12.3 Å². The van der Waals surface area contributed by atoms with Crippen LogP contribution >= 0.6 is 11.6 Å². The van der Waals surface area contributed by atoms with Gasteiger partial charge in [0.25, 0.3) is 11.8 Å². The van der Waals surface area contributed by atoms with Crippen LogP contribution in [-0.4, -0.2) is 48.5 Å². The second-order valence-electron chi connectivity index (χ2n) is 7.37. The number of methoxy groups -OCH3 is 1. The molecule has 9 nitrogen and oxygen atoms in total. The number of hydrogen-bond donors (Lipinski definition) is 1. The predicted octanol–water partition coefficient (Wildman–Crippen LogP) is 2.90. The first-order chi connectivity index (χ1) is 14.8. The Kier molecular flexibility index (Phi) is 5.36. The second-order valence-corrected chi connectivity index (χ2v) is 7.78. The van der Waals surface area contributed by atoms with E-state index in [9.17, 15) is 14.4 Å². The Balaban J connectivity index is 1.49. The van der Waals surface area contributed by atoms with Crippen LogP contribution in [0.25, 0.3) is 0 Å². The second kappa shape index (κ2) is 7.99. The van der Waals surface area contributed by atoms with Crippen LogP contribution < -0.4 is 15.0 Å². The number of carbonyl (C=O) groups is 3. The Morgan fingerprint density at radius 1 is 1.13 bits per heavy atom. The van der Waals surface area contributed by atoms with E-state index in [1.807, 2.05) is 26.0 Å². The van der Waals surface area contributed by atoms with Gasteiger partial charge in [-0.15, -0.1) is 0 Å². The van der Waals surface area contributed by atoms with Crippen molar-refractivity contribution in [2.75, 3.05) is 23.9 Å². The first-order valence-corrected chi connectivity index (χ1v) is 9.94. The number of carbonyl (C=O) groups excluding carboxylic acids is 3.